The normalized spacial score (nSPS) is 15.3. The van der Waals surface area contributed by atoms with Gasteiger partial charge in [-0.2, -0.15) is 0 Å². The van der Waals surface area contributed by atoms with Crippen LogP contribution >= 0.6 is 0 Å². The number of ether oxygens (including phenoxy) is 2. The van der Waals surface area contributed by atoms with Crippen molar-refractivity contribution in [3.63, 3.8) is 0 Å². The van der Waals surface area contributed by atoms with E-state index in [9.17, 15) is 4.79 Å². The summed E-state index contributed by atoms with van der Waals surface area (Å²) < 4.78 is 10.0. The zero-order valence-electron chi connectivity index (χ0n) is 9.23. The molecule has 0 amide bonds. The highest BCUT2D eigenvalue weighted by Gasteiger charge is 2.22. The summed E-state index contributed by atoms with van der Waals surface area (Å²) in [6.45, 7) is 3.26. The SMILES string of the molecule is Cc1ccc(NCC(=O)OC2COC2)cc1. The van der Waals surface area contributed by atoms with Crippen molar-refractivity contribution in [1.29, 1.82) is 0 Å². The Morgan fingerprint density at radius 1 is 1.44 bits per heavy atom. The first kappa shape index (κ1) is 11.0. The lowest BCUT2D eigenvalue weighted by Crippen LogP contribution is -2.39. The molecule has 2 rings (SSSR count). The van der Waals surface area contributed by atoms with Crippen molar-refractivity contribution in [3.05, 3.63) is 29.8 Å². The molecule has 1 aromatic carbocycles. The Morgan fingerprint density at radius 2 is 2.12 bits per heavy atom. The number of aryl methyl sites for hydroxylation is 1. The van der Waals surface area contributed by atoms with Crippen LogP contribution in [0, 0.1) is 6.92 Å². The summed E-state index contributed by atoms with van der Waals surface area (Å²) in [6, 6.07) is 7.87. The zero-order valence-corrected chi connectivity index (χ0v) is 9.23. The third-order valence-electron chi connectivity index (χ3n) is 2.39. The van der Waals surface area contributed by atoms with E-state index in [4.69, 9.17) is 9.47 Å². The Morgan fingerprint density at radius 3 is 2.69 bits per heavy atom. The van der Waals surface area contributed by atoms with E-state index in [1.54, 1.807) is 0 Å². The van der Waals surface area contributed by atoms with Gasteiger partial charge in [-0.25, -0.2) is 0 Å². The molecule has 0 aliphatic carbocycles. The Kier molecular flexibility index (Phi) is 3.41. The Labute approximate surface area is 94.6 Å². The van der Waals surface area contributed by atoms with Gasteiger partial charge < -0.3 is 14.8 Å². The van der Waals surface area contributed by atoms with Crippen molar-refractivity contribution in [1.82, 2.24) is 0 Å². The minimum Gasteiger partial charge on any atom is -0.456 e. The van der Waals surface area contributed by atoms with Crippen molar-refractivity contribution in [3.8, 4) is 0 Å². The maximum absolute atomic E-state index is 11.3. The van der Waals surface area contributed by atoms with Gasteiger partial charge in [-0.3, -0.25) is 4.79 Å². The zero-order chi connectivity index (χ0) is 11.4. The van der Waals surface area contributed by atoms with Crippen molar-refractivity contribution in [2.45, 2.75) is 13.0 Å². The molecule has 0 spiro atoms. The molecule has 0 bridgehead atoms. The molecule has 1 aliphatic heterocycles. The predicted octanol–water partition coefficient (Wildman–Crippen LogP) is 1.35. The third-order valence-corrected chi connectivity index (χ3v) is 2.39. The average molecular weight is 221 g/mol. The second-order valence-corrected chi connectivity index (χ2v) is 3.87. The number of nitrogens with one attached hydrogen (secondary N) is 1. The number of esters is 1. The number of hydrogen-bond acceptors (Lipinski definition) is 4. The minimum absolute atomic E-state index is 0.0488. The Bertz CT molecular complexity index is 357. The van der Waals surface area contributed by atoms with Crippen LogP contribution in [0.3, 0.4) is 0 Å². The standard InChI is InChI=1S/C12H15NO3/c1-9-2-4-10(5-3-9)13-6-12(14)16-11-7-15-8-11/h2-5,11,13H,6-8H2,1H3. The van der Waals surface area contributed by atoms with Crippen LogP contribution in [-0.2, 0) is 14.3 Å². The van der Waals surface area contributed by atoms with Crippen molar-refractivity contribution < 1.29 is 14.3 Å². The number of hydrogen-bond donors (Lipinski definition) is 1. The van der Waals surface area contributed by atoms with Gasteiger partial charge >= 0.3 is 5.97 Å². The van der Waals surface area contributed by atoms with Gasteiger partial charge in [0.1, 0.15) is 12.6 Å². The molecule has 1 saturated heterocycles. The second kappa shape index (κ2) is 4.99. The highest BCUT2D eigenvalue weighted by atomic mass is 16.6. The molecule has 1 aromatic rings. The van der Waals surface area contributed by atoms with E-state index in [1.807, 2.05) is 31.2 Å². The first-order valence-electron chi connectivity index (χ1n) is 5.32. The smallest absolute Gasteiger partial charge is 0.325 e. The fraction of sp³-hybridized carbons (Fsp3) is 0.417. The third kappa shape index (κ3) is 2.97. The van der Waals surface area contributed by atoms with E-state index in [0.29, 0.717) is 13.2 Å². The molecule has 16 heavy (non-hydrogen) atoms. The summed E-state index contributed by atoms with van der Waals surface area (Å²) in [5, 5.41) is 3.01. The van der Waals surface area contributed by atoms with Crippen LogP contribution < -0.4 is 5.32 Å². The van der Waals surface area contributed by atoms with Crippen LogP contribution in [0.15, 0.2) is 24.3 Å². The lowest BCUT2D eigenvalue weighted by Gasteiger charge is -2.25. The van der Waals surface area contributed by atoms with Crippen LogP contribution in [0.5, 0.6) is 0 Å². The molecule has 0 saturated carbocycles. The molecule has 1 heterocycles. The average Bonchev–Trinajstić information content (AvgIpc) is 2.23. The maximum atomic E-state index is 11.3. The summed E-state index contributed by atoms with van der Waals surface area (Å²) in [4.78, 5) is 11.3. The van der Waals surface area contributed by atoms with E-state index >= 15 is 0 Å². The molecule has 0 aromatic heterocycles. The molecule has 0 radical (unpaired) electrons. The lowest BCUT2D eigenvalue weighted by atomic mass is 10.2. The predicted molar refractivity (Wildman–Crippen MR) is 60.4 cm³/mol. The van der Waals surface area contributed by atoms with Crippen molar-refractivity contribution in [2.75, 3.05) is 25.1 Å². The van der Waals surface area contributed by atoms with Gasteiger partial charge in [-0.15, -0.1) is 0 Å². The lowest BCUT2D eigenvalue weighted by molar-refractivity contribution is -0.170. The minimum atomic E-state index is -0.242. The van der Waals surface area contributed by atoms with Crippen LogP contribution in [0.25, 0.3) is 0 Å². The monoisotopic (exact) mass is 221 g/mol. The molecular weight excluding hydrogens is 206 g/mol. The van der Waals surface area contributed by atoms with Gasteiger partial charge in [-0.1, -0.05) is 17.7 Å². The molecular formula is C12H15NO3. The molecule has 86 valence electrons. The van der Waals surface area contributed by atoms with Crippen LogP contribution in [0.1, 0.15) is 5.56 Å². The number of anilines is 1. The highest BCUT2D eigenvalue weighted by Crippen LogP contribution is 2.09. The van der Waals surface area contributed by atoms with Gasteiger partial charge in [0.25, 0.3) is 0 Å². The highest BCUT2D eigenvalue weighted by molar-refractivity contribution is 5.75. The van der Waals surface area contributed by atoms with Crippen LogP contribution in [0.4, 0.5) is 5.69 Å². The maximum Gasteiger partial charge on any atom is 0.325 e. The number of carbonyl (C=O) groups excluding carboxylic acids is 1. The van der Waals surface area contributed by atoms with Crippen LogP contribution in [0.2, 0.25) is 0 Å². The first-order valence-corrected chi connectivity index (χ1v) is 5.32. The van der Waals surface area contributed by atoms with Crippen molar-refractivity contribution >= 4 is 11.7 Å². The molecule has 0 unspecified atom stereocenters. The number of rotatable bonds is 4. The quantitative estimate of drug-likeness (QED) is 0.780. The summed E-state index contributed by atoms with van der Waals surface area (Å²) in [6.07, 6.45) is -0.0488. The van der Waals surface area contributed by atoms with E-state index in [1.165, 1.54) is 5.56 Å². The van der Waals surface area contributed by atoms with E-state index in [0.717, 1.165) is 5.69 Å². The van der Waals surface area contributed by atoms with Gasteiger partial charge in [0.05, 0.1) is 13.2 Å². The fourth-order valence-corrected chi connectivity index (χ4v) is 1.36. The number of carbonyl (C=O) groups is 1. The summed E-state index contributed by atoms with van der Waals surface area (Å²) in [5.41, 5.74) is 2.12. The molecule has 4 nitrogen and oxygen atoms in total. The first-order chi connectivity index (χ1) is 7.74. The Balaban J connectivity index is 1.73. The summed E-state index contributed by atoms with van der Waals surface area (Å²) in [5.74, 6) is -0.242. The van der Waals surface area contributed by atoms with Crippen molar-refractivity contribution in [2.24, 2.45) is 0 Å². The fourth-order valence-electron chi connectivity index (χ4n) is 1.36. The molecule has 4 heteroatoms. The largest absolute Gasteiger partial charge is 0.456 e. The van der Waals surface area contributed by atoms with Gasteiger partial charge in [0, 0.05) is 5.69 Å². The van der Waals surface area contributed by atoms with Gasteiger partial charge in [0.2, 0.25) is 0 Å². The van der Waals surface area contributed by atoms with Gasteiger partial charge in [-0.05, 0) is 19.1 Å². The van der Waals surface area contributed by atoms with Gasteiger partial charge in [0.15, 0.2) is 0 Å². The van der Waals surface area contributed by atoms with E-state index in [-0.39, 0.29) is 18.6 Å². The molecule has 1 N–H and O–H groups in total. The summed E-state index contributed by atoms with van der Waals surface area (Å²) in [7, 11) is 0. The molecule has 1 aliphatic rings. The topological polar surface area (TPSA) is 47.6 Å². The summed E-state index contributed by atoms with van der Waals surface area (Å²) >= 11 is 0. The van der Waals surface area contributed by atoms with E-state index < -0.39 is 0 Å². The second-order valence-electron chi connectivity index (χ2n) is 3.87. The van der Waals surface area contributed by atoms with E-state index in [2.05, 4.69) is 5.32 Å². The Hall–Kier alpha value is -1.55. The number of benzene rings is 1. The molecule has 0 atom stereocenters. The van der Waals surface area contributed by atoms with Crippen LogP contribution in [-0.4, -0.2) is 31.8 Å². The molecule has 1 fully saturated rings.